The van der Waals surface area contributed by atoms with Crippen molar-refractivity contribution in [1.29, 1.82) is 0 Å². The Morgan fingerprint density at radius 3 is 2.59 bits per heavy atom. The molecule has 1 heterocycles. The first-order valence-corrected chi connectivity index (χ1v) is 10.9. The average molecular weight is 472 g/mol. The summed E-state index contributed by atoms with van der Waals surface area (Å²) in [5, 5.41) is 9.21. The molecule has 1 fully saturated rings. The van der Waals surface area contributed by atoms with Crippen LogP contribution in [0.3, 0.4) is 0 Å². The largest absolute Gasteiger partial charge is 0.493 e. The number of hydrogen-bond acceptors (Lipinski definition) is 7. The number of thiocarbonyl (C=S) groups is 1. The van der Waals surface area contributed by atoms with Gasteiger partial charge >= 0.3 is 5.97 Å². The van der Waals surface area contributed by atoms with Crippen LogP contribution in [0, 0.1) is 0 Å². The molecule has 2 aromatic carbocycles. The molecular weight excluding hydrogens is 450 g/mol. The average Bonchev–Trinajstić information content (AvgIpc) is 3.05. The van der Waals surface area contributed by atoms with E-state index in [9.17, 15) is 19.5 Å². The van der Waals surface area contributed by atoms with E-state index < -0.39 is 12.1 Å². The molecule has 9 heteroatoms. The van der Waals surface area contributed by atoms with Crippen molar-refractivity contribution >= 4 is 57.7 Å². The maximum absolute atomic E-state index is 13.0. The Balaban J connectivity index is 1.88. The van der Waals surface area contributed by atoms with E-state index in [2.05, 4.69) is 0 Å². The highest BCUT2D eigenvalue weighted by Crippen LogP contribution is 2.37. The van der Waals surface area contributed by atoms with Crippen LogP contribution in [0.5, 0.6) is 11.5 Å². The molecule has 1 amide bonds. The molecule has 1 N–H and O–H groups in total. The SMILES string of the molecule is CCC(Oc1ccc(/C=C2/SC(=S)N(c3cccc(C(C)=O)c3)C2=O)cc1OC)C(=O)O. The summed E-state index contributed by atoms with van der Waals surface area (Å²) in [6.45, 7) is 3.18. The molecule has 1 atom stereocenters. The van der Waals surface area contributed by atoms with Gasteiger partial charge in [0.15, 0.2) is 27.7 Å². The molecule has 32 heavy (non-hydrogen) atoms. The van der Waals surface area contributed by atoms with Crippen LogP contribution in [-0.4, -0.2) is 40.3 Å². The van der Waals surface area contributed by atoms with E-state index in [0.29, 0.717) is 44.0 Å². The van der Waals surface area contributed by atoms with Crippen molar-refractivity contribution in [2.45, 2.75) is 26.4 Å². The second-order valence-corrected chi connectivity index (χ2v) is 8.56. The third-order valence-electron chi connectivity index (χ3n) is 4.71. The zero-order valence-corrected chi connectivity index (χ0v) is 19.3. The standard InChI is InChI=1S/C23H21NO6S2/c1-4-17(22(27)28)30-18-9-8-14(10-19(18)29-3)11-20-21(26)24(23(31)32-20)16-7-5-6-15(12-16)13(2)25/h5-12,17H,4H2,1-3H3,(H,27,28)/b20-11+. The number of anilines is 1. The number of Topliss-reactive ketones (excluding diaryl/α,β-unsaturated/α-hetero) is 1. The number of ether oxygens (including phenoxy) is 2. The van der Waals surface area contributed by atoms with Gasteiger partial charge in [-0.05, 0) is 49.2 Å². The number of amides is 1. The molecule has 3 rings (SSSR count). The molecule has 0 aromatic heterocycles. The fourth-order valence-electron chi connectivity index (χ4n) is 3.04. The van der Waals surface area contributed by atoms with Gasteiger partial charge in [-0.25, -0.2) is 4.79 Å². The van der Waals surface area contributed by atoms with Crippen LogP contribution in [-0.2, 0) is 9.59 Å². The van der Waals surface area contributed by atoms with Gasteiger partial charge in [0, 0.05) is 5.56 Å². The topological polar surface area (TPSA) is 93.1 Å². The number of thioether (sulfide) groups is 1. The summed E-state index contributed by atoms with van der Waals surface area (Å²) in [4.78, 5) is 37.8. The summed E-state index contributed by atoms with van der Waals surface area (Å²) in [7, 11) is 1.45. The van der Waals surface area contributed by atoms with E-state index in [1.54, 1.807) is 55.5 Å². The van der Waals surface area contributed by atoms with Gasteiger partial charge in [-0.2, -0.15) is 0 Å². The molecule has 1 unspecified atom stereocenters. The maximum atomic E-state index is 13.0. The first-order chi connectivity index (χ1) is 15.2. The van der Waals surface area contributed by atoms with E-state index in [-0.39, 0.29) is 11.7 Å². The second kappa shape index (κ2) is 9.97. The Morgan fingerprint density at radius 1 is 1.22 bits per heavy atom. The van der Waals surface area contributed by atoms with Crippen molar-refractivity contribution in [3.8, 4) is 11.5 Å². The Labute approximate surface area is 195 Å². The predicted molar refractivity (Wildman–Crippen MR) is 127 cm³/mol. The van der Waals surface area contributed by atoms with Crippen LogP contribution < -0.4 is 14.4 Å². The molecule has 0 radical (unpaired) electrons. The van der Waals surface area contributed by atoms with Gasteiger partial charge in [0.2, 0.25) is 0 Å². The lowest BCUT2D eigenvalue weighted by Gasteiger charge is -2.16. The molecule has 1 saturated heterocycles. The van der Waals surface area contributed by atoms with E-state index in [4.69, 9.17) is 21.7 Å². The number of carboxylic acid groups (broad SMARTS) is 1. The molecular formula is C23H21NO6S2. The zero-order chi connectivity index (χ0) is 23.4. The lowest BCUT2D eigenvalue weighted by Crippen LogP contribution is -2.27. The number of nitrogens with zero attached hydrogens (tertiary/aromatic N) is 1. The Hall–Kier alpha value is -3.17. The van der Waals surface area contributed by atoms with Gasteiger partial charge in [-0.15, -0.1) is 0 Å². The Bertz CT molecular complexity index is 1130. The fourth-order valence-corrected chi connectivity index (χ4v) is 4.34. The predicted octanol–water partition coefficient (Wildman–Crippen LogP) is 4.55. The van der Waals surface area contributed by atoms with Gasteiger partial charge in [0.05, 0.1) is 17.7 Å². The Kier molecular flexibility index (Phi) is 7.32. The van der Waals surface area contributed by atoms with Crippen LogP contribution in [0.2, 0.25) is 0 Å². The summed E-state index contributed by atoms with van der Waals surface area (Å²) >= 11 is 6.55. The van der Waals surface area contributed by atoms with Crippen LogP contribution in [0.1, 0.15) is 36.2 Å². The first-order valence-electron chi connectivity index (χ1n) is 9.71. The van der Waals surface area contributed by atoms with Gasteiger partial charge < -0.3 is 14.6 Å². The van der Waals surface area contributed by atoms with Crippen molar-refractivity contribution in [2.75, 3.05) is 12.0 Å². The highest BCUT2D eigenvalue weighted by atomic mass is 32.2. The molecule has 2 aromatic rings. The number of aliphatic carboxylic acids is 1. The Morgan fingerprint density at radius 2 is 1.97 bits per heavy atom. The van der Waals surface area contributed by atoms with E-state index in [1.807, 2.05) is 0 Å². The van der Waals surface area contributed by atoms with Gasteiger partial charge in [0.1, 0.15) is 0 Å². The molecule has 7 nitrogen and oxygen atoms in total. The monoisotopic (exact) mass is 471 g/mol. The number of rotatable bonds is 8. The number of hydrogen-bond donors (Lipinski definition) is 1. The normalized spacial score (nSPS) is 15.7. The van der Waals surface area contributed by atoms with Crippen molar-refractivity contribution in [1.82, 2.24) is 0 Å². The number of benzene rings is 2. The summed E-state index contributed by atoms with van der Waals surface area (Å²) in [5.74, 6) is -0.806. The van der Waals surface area contributed by atoms with E-state index >= 15 is 0 Å². The van der Waals surface area contributed by atoms with Crippen molar-refractivity contribution in [3.63, 3.8) is 0 Å². The van der Waals surface area contributed by atoms with Crippen molar-refractivity contribution in [3.05, 3.63) is 58.5 Å². The van der Waals surface area contributed by atoms with Gasteiger partial charge in [0.25, 0.3) is 5.91 Å². The molecule has 1 aliphatic heterocycles. The number of carbonyl (C=O) groups excluding carboxylic acids is 2. The van der Waals surface area contributed by atoms with Crippen LogP contribution in [0.4, 0.5) is 5.69 Å². The quantitative estimate of drug-likeness (QED) is 0.341. The lowest BCUT2D eigenvalue weighted by molar-refractivity contribution is -0.145. The number of ketones is 1. The smallest absolute Gasteiger partial charge is 0.344 e. The summed E-state index contributed by atoms with van der Waals surface area (Å²) in [6.07, 6.45) is 0.986. The van der Waals surface area contributed by atoms with Crippen molar-refractivity contribution in [2.24, 2.45) is 0 Å². The third kappa shape index (κ3) is 5.00. The van der Waals surface area contributed by atoms with E-state index in [1.165, 1.54) is 18.9 Å². The van der Waals surface area contributed by atoms with Crippen LogP contribution in [0.15, 0.2) is 47.4 Å². The summed E-state index contributed by atoms with van der Waals surface area (Å²) in [6, 6.07) is 11.7. The zero-order valence-electron chi connectivity index (χ0n) is 17.7. The minimum Gasteiger partial charge on any atom is -0.493 e. The number of methoxy groups -OCH3 is 1. The third-order valence-corrected chi connectivity index (χ3v) is 6.01. The molecule has 0 spiro atoms. The molecule has 0 aliphatic carbocycles. The minimum absolute atomic E-state index is 0.101. The summed E-state index contributed by atoms with van der Waals surface area (Å²) in [5.41, 5.74) is 1.69. The fraction of sp³-hybridized carbons (Fsp3) is 0.217. The second-order valence-electron chi connectivity index (χ2n) is 6.89. The minimum atomic E-state index is -1.06. The van der Waals surface area contributed by atoms with Gasteiger partial charge in [-0.1, -0.05) is 49.1 Å². The molecule has 166 valence electrons. The maximum Gasteiger partial charge on any atom is 0.344 e. The molecule has 1 aliphatic rings. The molecule has 0 saturated carbocycles. The molecule has 0 bridgehead atoms. The highest BCUT2D eigenvalue weighted by Gasteiger charge is 2.33. The van der Waals surface area contributed by atoms with Gasteiger partial charge in [-0.3, -0.25) is 14.5 Å². The van der Waals surface area contributed by atoms with Crippen LogP contribution in [0.25, 0.3) is 6.08 Å². The lowest BCUT2D eigenvalue weighted by atomic mass is 10.1. The first kappa shape index (κ1) is 23.5. The number of carbonyl (C=O) groups is 3. The summed E-state index contributed by atoms with van der Waals surface area (Å²) < 4.78 is 11.2. The number of carboxylic acids is 1. The van der Waals surface area contributed by atoms with Crippen LogP contribution >= 0.6 is 24.0 Å². The van der Waals surface area contributed by atoms with Crippen molar-refractivity contribution < 1.29 is 29.0 Å². The highest BCUT2D eigenvalue weighted by molar-refractivity contribution is 8.27. The van der Waals surface area contributed by atoms with E-state index in [0.717, 1.165) is 11.8 Å².